The number of hydrogen-bond donors (Lipinski definition) is 2. The molecule has 0 radical (unpaired) electrons. The fourth-order valence-electron chi connectivity index (χ4n) is 4.00. The Labute approximate surface area is 183 Å². The van der Waals surface area contributed by atoms with Crippen LogP contribution in [0.15, 0.2) is 66.7 Å². The fourth-order valence-corrected chi connectivity index (χ4v) is 4.00. The van der Waals surface area contributed by atoms with Crippen LogP contribution in [0, 0.1) is 17.1 Å². The minimum atomic E-state index is -1.29. The highest BCUT2D eigenvalue weighted by molar-refractivity contribution is 5.81. The largest absolute Gasteiger partial charge is 0.480 e. The van der Waals surface area contributed by atoms with Crippen molar-refractivity contribution in [1.82, 2.24) is 5.32 Å². The summed E-state index contributed by atoms with van der Waals surface area (Å²) in [4.78, 5) is 24.0. The number of benzene rings is 3. The Morgan fingerprint density at radius 3 is 2.28 bits per heavy atom. The van der Waals surface area contributed by atoms with Gasteiger partial charge < -0.3 is 15.2 Å². The molecule has 0 spiro atoms. The molecule has 1 atom stereocenters. The molecule has 0 aromatic heterocycles. The predicted molar refractivity (Wildman–Crippen MR) is 114 cm³/mol. The standard InChI is InChI=1S/C25H19FN2O4/c26-22-10-9-15(11-16(22)13-27)12-23(24(29)30)28-25(31)32-14-21-19-7-3-1-5-17(19)18-6-2-4-8-20(18)21/h1-11,21,23H,12,14H2,(H,28,31)(H,29,30)/t23-/m0/s1. The Balaban J connectivity index is 1.44. The van der Waals surface area contributed by atoms with Crippen molar-refractivity contribution in [1.29, 1.82) is 5.26 Å². The molecule has 0 unspecified atom stereocenters. The Hall–Kier alpha value is -4.18. The first-order valence-corrected chi connectivity index (χ1v) is 10.0. The van der Waals surface area contributed by atoms with E-state index in [-0.39, 0.29) is 24.5 Å². The first-order chi connectivity index (χ1) is 15.5. The smallest absolute Gasteiger partial charge is 0.407 e. The summed E-state index contributed by atoms with van der Waals surface area (Å²) in [5.74, 6) is -2.10. The summed E-state index contributed by atoms with van der Waals surface area (Å²) >= 11 is 0. The average molecular weight is 430 g/mol. The van der Waals surface area contributed by atoms with Crippen molar-refractivity contribution < 1.29 is 23.8 Å². The molecule has 7 heteroatoms. The fraction of sp³-hybridized carbons (Fsp3) is 0.160. The van der Waals surface area contributed by atoms with Gasteiger partial charge in [-0.15, -0.1) is 0 Å². The summed E-state index contributed by atoms with van der Waals surface area (Å²) in [5.41, 5.74) is 4.50. The van der Waals surface area contributed by atoms with Crippen LogP contribution in [0.5, 0.6) is 0 Å². The van der Waals surface area contributed by atoms with Crippen LogP contribution in [0.25, 0.3) is 11.1 Å². The summed E-state index contributed by atoms with van der Waals surface area (Å²) in [5, 5.41) is 20.8. The molecule has 0 saturated heterocycles. The second kappa shape index (κ2) is 8.90. The van der Waals surface area contributed by atoms with Gasteiger partial charge in [0.2, 0.25) is 0 Å². The molecule has 6 nitrogen and oxygen atoms in total. The molecule has 2 N–H and O–H groups in total. The number of carbonyl (C=O) groups excluding carboxylic acids is 1. The van der Waals surface area contributed by atoms with Gasteiger partial charge in [-0.25, -0.2) is 14.0 Å². The lowest BCUT2D eigenvalue weighted by Crippen LogP contribution is -2.42. The van der Waals surface area contributed by atoms with Crippen molar-refractivity contribution in [3.05, 3.63) is 94.8 Å². The molecule has 4 rings (SSSR count). The maximum atomic E-state index is 13.5. The molecule has 0 saturated carbocycles. The number of fused-ring (bicyclic) bond motifs is 3. The number of carboxylic acid groups (broad SMARTS) is 1. The lowest BCUT2D eigenvalue weighted by Gasteiger charge is -2.17. The van der Waals surface area contributed by atoms with E-state index >= 15 is 0 Å². The molecule has 0 aliphatic heterocycles. The van der Waals surface area contributed by atoms with E-state index in [2.05, 4.69) is 5.32 Å². The van der Waals surface area contributed by atoms with Crippen LogP contribution in [-0.2, 0) is 16.0 Å². The van der Waals surface area contributed by atoms with E-state index in [1.807, 2.05) is 48.5 Å². The number of nitrogens with one attached hydrogen (secondary N) is 1. The molecule has 0 heterocycles. The SMILES string of the molecule is N#Cc1cc(C[C@H](NC(=O)OCC2c3ccccc3-c3ccccc32)C(=O)O)ccc1F. The first-order valence-electron chi connectivity index (χ1n) is 10.0. The summed E-state index contributed by atoms with van der Waals surface area (Å²) in [6.07, 6.45) is -0.976. The molecular formula is C25H19FN2O4. The second-order valence-corrected chi connectivity index (χ2v) is 7.49. The van der Waals surface area contributed by atoms with Crippen molar-refractivity contribution in [2.75, 3.05) is 6.61 Å². The van der Waals surface area contributed by atoms with Crippen LogP contribution < -0.4 is 5.32 Å². The minimum absolute atomic E-state index is 0.0569. The van der Waals surface area contributed by atoms with Crippen LogP contribution >= 0.6 is 0 Å². The average Bonchev–Trinajstić information content (AvgIpc) is 3.12. The third-order valence-electron chi connectivity index (χ3n) is 5.52. The van der Waals surface area contributed by atoms with Crippen molar-refractivity contribution >= 4 is 12.1 Å². The first kappa shape index (κ1) is 21.1. The van der Waals surface area contributed by atoms with Crippen LogP contribution in [0.1, 0.15) is 28.2 Å². The zero-order valence-electron chi connectivity index (χ0n) is 16.9. The predicted octanol–water partition coefficient (Wildman–Crippen LogP) is 4.23. The van der Waals surface area contributed by atoms with Crippen LogP contribution in [0.2, 0.25) is 0 Å². The van der Waals surface area contributed by atoms with Gasteiger partial charge in [-0.3, -0.25) is 0 Å². The molecule has 0 fully saturated rings. The zero-order chi connectivity index (χ0) is 22.7. The number of nitrogens with zero attached hydrogens (tertiary/aromatic N) is 1. The lowest BCUT2D eigenvalue weighted by molar-refractivity contribution is -0.139. The molecular weight excluding hydrogens is 411 g/mol. The van der Waals surface area contributed by atoms with Gasteiger partial charge in [0.05, 0.1) is 5.56 Å². The zero-order valence-corrected chi connectivity index (χ0v) is 16.9. The third-order valence-corrected chi connectivity index (χ3v) is 5.52. The summed E-state index contributed by atoms with van der Waals surface area (Å²) in [6.45, 7) is 0.0569. The number of aliphatic carboxylic acids is 1. The van der Waals surface area contributed by atoms with Crippen LogP contribution in [0.4, 0.5) is 9.18 Å². The molecule has 3 aromatic carbocycles. The highest BCUT2D eigenvalue weighted by Gasteiger charge is 2.29. The maximum absolute atomic E-state index is 13.5. The number of hydrogen-bond acceptors (Lipinski definition) is 4. The molecule has 1 amide bonds. The molecule has 3 aromatic rings. The van der Waals surface area contributed by atoms with Crippen LogP contribution in [0.3, 0.4) is 0 Å². The van der Waals surface area contributed by atoms with Crippen molar-refractivity contribution in [2.24, 2.45) is 0 Å². The number of rotatable bonds is 6. The number of halogens is 1. The number of amides is 1. The van der Waals surface area contributed by atoms with Crippen LogP contribution in [-0.4, -0.2) is 29.8 Å². The second-order valence-electron chi connectivity index (χ2n) is 7.49. The Kier molecular flexibility index (Phi) is 5.86. The van der Waals surface area contributed by atoms with E-state index in [1.165, 1.54) is 12.1 Å². The quantitative estimate of drug-likeness (QED) is 0.610. The van der Waals surface area contributed by atoms with E-state index in [9.17, 15) is 19.1 Å². The number of nitriles is 1. The number of alkyl carbamates (subject to hydrolysis) is 1. The summed E-state index contributed by atoms with van der Waals surface area (Å²) in [7, 11) is 0. The monoisotopic (exact) mass is 430 g/mol. The Bertz CT molecular complexity index is 1190. The summed E-state index contributed by atoms with van der Waals surface area (Å²) < 4.78 is 18.9. The van der Waals surface area contributed by atoms with Gasteiger partial charge in [-0.05, 0) is 39.9 Å². The third kappa shape index (κ3) is 4.16. The summed E-state index contributed by atoms with van der Waals surface area (Å²) in [6, 6.07) is 20.0. The molecule has 0 bridgehead atoms. The van der Waals surface area contributed by atoms with E-state index in [1.54, 1.807) is 6.07 Å². The van der Waals surface area contributed by atoms with Crippen molar-refractivity contribution in [2.45, 2.75) is 18.4 Å². The van der Waals surface area contributed by atoms with Gasteiger partial charge in [-0.2, -0.15) is 5.26 Å². The van der Waals surface area contributed by atoms with Gasteiger partial charge in [0.25, 0.3) is 0 Å². The van der Waals surface area contributed by atoms with E-state index < -0.39 is 23.9 Å². The van der Waals surface area contributed by atoms with Gasteiger partial charge in [-0.1, -0.05) is 54.6 Å². The maximum Gasteiger partial charge on any atom is 0.407 e. The highest BCUT2D eigenvalue weighted by Crippen LogP contribution is 2.44. The normalized spacial score (nSPS) is 12.9. The molecule has 1 aliphatic carbocycles. The van der Waals surface area contributed by atoms with Gasteiger partial charge in [0.15, 0.2) is 0 Å². The van der Waals surface area contributed by atoms with E-state index in [4.69, 9.17) is 10.00 Å². The van der Waals surface area contributed by atoms with E-state index in [0.717, 1.165) is 28.3 Å². The van der Waals surface area contributed by atoms with E-state index in [0.29, 0.717) is 5.56 Å². The van der Waals surface area contributed by atoms with Gasteiger partial charge in [0.1, 0.15) is 24.5 Å². The minimum Gasteiger partial charge on any atom is -0.480 e. The number of carboxylic acids is 1. The Morgan fingerprint density at radius 2 is 1.69 bits per heavy atom. The Morgan fingerprint density at radius 1 is 1.06 bits per heavy atom. The number of carbonyl (C=O) groups is 2. The van der Waals surface area contributed by atoms with Crippen molar-refractivity contribution in [3.8, 4) is 17.2 Å². The topological polar surface area (TPSA) is 99.4 Å². The van der Waals surface area contributed by atoms with Gasteiger partial charge >= 0.3 is 12.1 Å². The van der Waals surface area contributed by atoms with Crippen molar-refractivity contribution in [3.63, 3.8) is 0 Å². The number of ether oxygens (including phenoxy) is 1. The molecule has 32 heavy (non-hydrogen) atoms. The highest BCUT2D eigenvalue weighted by atomic mass is 19.1. The molecule has 1 aliphatic rings. The lowest BCUT2D eigenvalue weighted by atomic mass is 9.98. The molecule has 160 valence electrons. The van der Waals surface area contributed by atoms with Gasteiger partial charge in [0, 0.05) is 12.3 Å².